The minimum absolute atomic E-state index is 0.0358. The molecule has 1 aromatic rings. The van der Waals surface area contributed by atoms with Gasteiger partial charge in [0.05, 0.1) is 12.2 Å². The Labute approximate surface area is 141 Å². The van der Waals surface area contributed by atoms with E-state index in [1.54, 1.807) is 6.92 Å². The van der Waals surface area contributed by atoms with Crippen LogP contribution in [0.5, 0.6) is 0 Å². The minimum atomic E-state index is -0.426. The van der Waals surface area contributed by atoms with Crippen LogP contribution in [0.3, 0.4) is 0 Å². The molecule has 5 nitrogen and oxygen atoms in total. The van der Waals surface area contributed by atoms with E-state index in [1.165, 1.54) is 6.42 Å². The monoisotopic (exact) mass is 339 g/mol. The van der Waals surface area contributed by atoms with E-state index in [2.05, 4.69) is 0 Å². The van der Waals surface area contributed by atoms with Crippen LogP contribution in [0.25, 0.3) is 0 Å². The molecule has 1 saturated carbocycles. The molecule has 23 heavy (non-hydrogen) atoms. The lowest BCUT2D eigenvalue weighted by molar-refractivity contribution is 0.0212. The second-order valence-corrected chi connectivity index (χ2v) is 7.51. The Kier molecular flexibility index (Phi) is 6.04. The number of rotatable bonds is 5. The van der Waals surface area contributed by atoms with E-state index in [4.69, 9.17) is 15.2 Å². The molecule has 0 unspecified atom stereocenters. The van der Waals surface area contributed by atoms with E-state index in [9.17, 15) is 9.59 Å². The molecule has 1 aliphatic rings. The number of anilines is 1. The van der Waals surface area contributed by atoms with Gasteiger partial charge in [-0.3, -0.25) is 0 Å². The summed E-state index contributed by atoms with van der Waals surface area (Å²) in [4.78, 5) is 24.9. The average molecular weight is 339 g/mol. The van der Waals surface area contributed by atoms with Crippen LogP contribution in [0.15, 0.2) is 0 Å². The third-order valence-electron chi connectivity index (χ3n) is 3.94. The molecule has 0 saturated heterocycles. The number of nitrogens with two attached hydrogens (primary N) is 1. The number of thiophene rings is 1. The molecule has 0 spiro atoms. The van der Waals surface area contributed by atoms with Gasteiger partial charge >= 0.3 is 11.9 Å². The van der Waals surface area contributed by atoms with Crippen molar-refractivity contribution in [1.29, 1.82) is 0 Å². The van der Waals surface area contributed by atoms with Crippen LogP contribution in [0, 0.1) is 12.8 Å². The molecule has 2 rings (SSSR count). The molecular formula is C17H25NO4S. The summed E-state index contributed by atoms with van der Waals surface area (Å²) in [6.07, 6.45) is 5.13. The van der Waals surface area contributed by atoms with Crippen LogP contribution in [0.2, 0.25) is 0 Å². The van der Waals surface area contributed by atoms with Crippen LogP contribution >= 0.6 is 11.3 Å². The van der Waals surface area contributed by atoms with Crippen LogP contribution in [0.1, 0.15) is 71.5 Å². The highest BCUT2D eigenvalue weighted by Crippen LogP contribution is 2.33. The van der Waals surface area contributed by atoms with Crippen LogP contribution < -0.4 is 5.73 Å². The summed E-state index contributed by atoms with van der Waals surface area (Å²) in [5, 5.41) is 0.319. The highest BCUT2D eigenvalue weighted by Gasteiger charge is 2.27. The Bertz CT molecular complexity index is 573. The lowest BCUT2D eigenvalue weighted by atomic mass is 9.98. The number of esters is 2. The molecule has 1 aliphatic carbocycles. The number of nitrogen functional groups attached to an aromatic ring is 1. The molecule has 0 radical (unpaired) electrons. The van der Waals surface area contributed by atoms with Gasteiger partial charge < -0.3 is 15.2 Å². The molecule has 0 bridgehead atoms. The summed E-state index contributed by atoms with van der Waals surface area (Å²) in [7, 11) is 0. The maximum atomic E-state index is 12.4. The maximum Gasteiger partial charge on any atom is 0.348 e. The summed E-state index contributed by atoms with van der Waals surface area (Å²) < 4.78 is 10.8. The predicted octanol–water partition coefficient (Wildman–Crippen LogP) is 3.94. The normalized spacial score (nSPS) is 15.7. The van der Waals surface area contributed by atoms with Gasteiger partial charge in [-0.1, -0.05) is 20.3 Å². The standard InChI is InChI=1S/C17H25NO4S/c1-10(2)9-21-17(20)14-11(3)13(15(18)23-14)16(19)22-12-7-5-4-6-8-12/h10,12H,4-9,18H2,1-3H3. The highest BCUT2D eigenvalue weighted by molar-refractivity contribution is 7.18. The molecular weight excluding hydrogens is 314 g/mol. The third kappa shape index (κ3) is 4.47. The first-order valence-corrected chi connectivity index (χ1v) is 8.98. The van der Waals surface area contributed by atoms with E-state index in [0.29, 0.717) is 27.6 Å². The number of hydrogen-bond acceptors (Lipinski definition) is 6. The van der Waals surface area contributed by atoms with E-state index < -0.39 is 11.9 Å². The smallest absolute Gasteiger partial charge is 0.348 e. The summed E-state index contributed by atoms with van der Waals surface area (Å²) in [6.45, 7) is 6.00. The van der Waals surface area contributed by atoms with Crippen molar-refractivity contribution in [2.24, 2.45) is 5.92 Å². The molecule has 1 fully saturated rings. The number of carbonyl (C=O) groups is 2. The maximum absolute atomic E-state index is 12.4. The third-order valence-corrected chi connectivity index (χ3v) is 5.04. The van der Waals surface area contributed by atoms with Crippen molar-refractivity contribution in [3.05, 3.63) is 16.0 Å². The molecule has 128 valence electrons. The van der Waals surface area contributed by atoms with Crippen molar-refractivity contribution in [1.82, 2.24) is 0 Å². The van der Waals surface area contributed by atoms with Crippen molar-refractivity contribution in [2.75, 3.05) is 12.3 Å². The Balaban J connectivity index is 2.10. The Morgan fingerprint density at radius 3 is 2.48 bits per heavy atom. The summed E-state index contributed by atoms with van der Waals surface area (Å²) >= 11 is 1.09. The molecule has 0 aromatic carbocycles. The second kappa shape index (κ2) is 7.81. The zero-order valence-corrected chi connectivity index (χ0v) is 14.8. The van der Waals surface area contributed by atoms with Gasteiger partial charge in [0.2, 0.25) is 0 Å². The fourth-order valence-corrected chi connectivity index (χ4v) is 3.64. The first-order chi connectivity index (χ1) is 10.9. The average Bonchev–Trinajstić information content (AvgIpc) is 2.80. The fourth-order valence-electron chi connectivity index (χ4n) is 2.69. The summed E-state index contributed by atoms with van der Waals surface area (Å²) in [6, 6.07) is 0. The highest BCUT2D eigenvalue weighted by atomic mass is 32.1. The SMILES string of the molecule is Cc1c(C(=O)OCC(C)C)sc(N)c1C(=O)OC1CCCCC1. The Hall–Kier alpha value is -1.56. The molecule has 0 atom stereocenters. The van der Waals surface area contributed by atoms with E-state index in [1.807, 2.05) is 13.8 Å². The second-order valence-electron chi connectivity index (χ2n) is 6.45. The van der Waals surface area contributed by atoms with E-state index in [-0.39, 0.29) is 12.0 Å². The van der Waals surface area contributed by atoms with Crippen LogP contribution in [-0.2, 0) is 9.47 Å². The van der Waals surface area contributed by atoms with Crippen molar-refractivity contribution < 1.29 is 19.1 Å². The minimum Gasteiger partial charge on any atom is -0.461 e. The molecule has 1 aromatic heterocycles. The first kappa shape index (κ1) is 17.8. The van der Waals surface area contributed by atoms with Gasteiger partial charge in [0.25, 0.3) is 0 Å². The van der Waals surface area contributed by atoms with Gasteiger partial charge in [0.15, 0.2) is 0 Å². The molecule has 6 heteroatoms. The van der Waals surface area contributed by atoms with E-state index in [0.717, 1.165) is 37.0 Å². The predicted molar refractivity (Wildman–Crippen MR) is 90.9 cm³/mol. The van der Waals surface area contributed by atoms with E-state index >= 15 is 0 Å². The Morgan fingerprint density at radius 1 is 1.22 bits per heavy atom. The van der Waals surface area contributed by atoms with Crippen molar-refractivity contribution in [3.8, 4) is 0 Å². The first-order valence-electron chi connectivity index (χ1n) is 8.17. The molecule has 1 heterocycles. The largest absolute Gasteiger partial charge is 0.461 e. The van der Waals surface area contributed by atoms with Gasteiger partial charge in [-0.2, -0.15) is 0 Å². The van der Waals surface area contributed by atoms with Crippen molar-refractivity contribution in [2.45, 2.75) is 59.0 Å². The van der Waals surface area contributed by atoms with Gasteiger partial charge in [0.1, 0.15) is 16.0 Å². The van der Waals surface area contributed by atoms with Crippen LogP contribution in [0.4, 0.5) is 5.00 Å². The topological polar surface area (TPSA) is 78.6 Å². The Morgan fingerprint density at radius 2 is 1.87 bits per heavy atom. The number of ether oxygens (including phenoxy) is 2. The van der Waals surface area contributed by atoms with Gasteiger partial charge in [-0.15, -0.1) is 11.3 Å². The number of carbonyl (C=O) groups excluding carboxylic acids is 2. The zero-order valence-electron chi connectivity index (χ0n) is 14.0. The molecule has 2 N–H and O–H groups in total. The summed E-state index contributed by atoms with van der Waals surface area (Å²) in [5.41, 5.74) is 6.83. The lowest BCUT2D eigenvalue weighted by Gasteiger charge is -2.21. The lowest BCUT2D eigenvalue weighted by Crippen LogP contribution is -2.21. The molecule has 0 amide bonds. The fraction of sp³-hybridized carbons (Fsp3) is 0.647. The molecule has 0 aliphatic heterocycles. The quantitative estimate of drug-likeness (QED) is 0.822. The van der Waals surface area contributed by atoms with Crippen molar-refractivity contribution in [3.63, 3.8) is 0 Å². The van der Waals surface area contributed by atoms with Crippen molar-refractivity contribution >= 4 is 28.3 Å². The number of hydrogen-bond donors (Lipinski definition) is 1. The van der Waals surface area contributed by atoms with Gasteiger partial charge in [0, 0.05) is 0 Å². The van der Waals surface area contributed by atoms with Crippen LogP contribution in [-0.4, -0.2) is 24.6 Å². The summed E-state index contributed by atoms with van der Waals surface area (Å²) in [5.74, 6) is -0.594. The van der Waals surface area contributed by atoms with Gasteiger partial charge in [-0.25, -0.2) is 9.59 Å². The zero-order chi connectivity index (χ0) is 17.0. The van der Waals surface area contributed by atoms with Gasteiger partial charge in [-0.05, 0) is 44.1 Å².